The van der Waals surface area contributed by atoms with Crippen LogP contribution in [0.1, 0.15) is 18.4 Å². The van der Waals surface area contributed by atoms with Gasteiger partial charge in [0.2, 0.25) is 0 Å². The van der Waals surface area contributed by atoms with Gasteiger partial charge in [-0.05, 0) is 25.5 Å². The summed E-state index contributed by atoms with van der Waals surface area (Å²) in [4.78, 5) is 23.4. The number of benzene rings is 1. The van der Waals surface area contributed by atoms with Crippen LogP contribution < -0.4 is 0 Å². The van der Waals surface area contributed by atoms with Crippen LogP contribution in [0.3, 0.4) is 0 Å². The molecule has 1 atom stereocenters. The fraction of sp³-hybridized carbons (Fsp3) is 0.333. The van der Waals surface area contributed by atoms with E-state index in [2.05, 4.69) is 16.6 Å². The first-order valence-corrected chi connectivity index (χ1v) is 8.90. The first-order valence-electron chi connectivity index (χ1n) is 7.49. The summed E-state index contributed by atoms with van der Waals surface area (Å²) in [6, 6.07) is 5.85. The largest absolute Gasteiger partial charge is 0.452 e. The summed E-state index contributed by atoms with van der Waals surface area (Å²) in [5, 5.41) is 0. The number of esters is 2. The molecule has 0 fully saturated rings. The molecule has 7 nitrogen and oxygen atoms in total. The van der Waals surface area contributed by atoms with Crippen molar-refractivity contribution in [1.82, 2.24) is 0 Å². The SMILES string of the molecule is C#CCOC(=O)CCC(OS(=O)(=O)c1ccc(C)cc1)C(=O)OCC#C. The number of hydrogen-bond donors (Lipinski definition) is 0. The highest BCUT2D eigenvalue weighted by molar-refractivity contribution is 7.86. The third-order valence-corrected chi connectivity index (χ3v) is 4.38. The van der Waals surface area contributed by atoms with Crippen LogP contribution in [0, 0.1) is 31.6 Å². The maximum Gasteiger partial charge on any atom is 0.337 e. The molecule has 1 rings (SSSR count). The molecule has 0 N–H and O–H groups in total. The highest BCUT2D eigenvalue weighted by Crippen LogP contribution is 2.18. The van der Waals surface area contributed by atoms with Crippen LogP contribution >= 0.6 is 0 Å². The van der Waals surface area contributed by atoms with E-state index in [9.17, 15) is 18.0 Å². The third kappa shape index (κ3) is 6.98. The smallest absolute Gasteiger partial charge is 0.337 e. The number of hydrogen-bond acceptors (Lipinski definition) is 7. The number of carbonyl (C=O) groups is 2. The van der Waals surface area contributed by atoms with Gasteiger partial charge in [-0.25, -0.2) is 4.79 Å². The topological polar surface area (TPSA) is 96.0 Å². The van der Waals surface area contributed by atoms with Crippen LogP contribution in [0.2, 0.25) is 0 Å². The quantitative estimate of drug-likeness (QED) is 0.362. The summed E-state index contributed by atoms with van der Waals surface area (Å²) in [5.74, 6) is 2.51. The molecule has 0 saturated carbocycles. The Morgan fingerprint density at radius 2 is 1.65 bits per heavy atom. The number of carbonyl (C=O) groups excluding carboxylic acids is 2. The van der Waals surface area contributed by atoms with Crippen LogP contribution in [-0.4, -0.2) is 39.7 Å². The van der Waals surface area contributed by atoms with Crippen molar-refractivity contribution in [2.75, 3.05) is 13.2 Å². The minimum Gasteiger partial charge on any atom is -0.452 e. The van der Waals surface area contributed by atoms with Gasteiger partial charge in [0.15, 0.2) is 19.3 Å². The zero-order valence-electron chi connectivity index (χ0n) is 14.1. The molecule has 0 spiro atoms. The molecular weight excluding hydrogens is 360 g/mol. The lowest BCUT2D eigenvalue weighted by Crippen LogP contribution is -2.30. The average Bonchev–Trinajstić information content (AvgIpc) is 2.61. The first kappa shape index (κ1) is 21.2. The number of aryl methyl sites for hydroxylation is 1. The zero-order valence-corrected chi connectivity index (χ0v) is 15.0. The second kappa shape index (κ2) is 10.2. The normalized spacial score (nSPS) is 11.7. The Labute approximate surface area is 152 Å². The lowest BCUT2D eigenvalue weighted by atomic mass is 10.2. The van der Waals surface area contributed by atoms with Gasteiger partial charge in [-0.2, -0.15) is 8.42 Å². The summed E-state index contributed by atoms with van der Waals surface area (Å²) >= 11 is 0. The summed E-state index contributed by atoms with van der Waals surface area (Å²) in [6.45, 7) is 1.21. The Balaban J connectivity index is 2.88. The van der Waals surface area contributed by atoms with Gasteiger partial charge in [-0.15, -0.1) is 12.8 Å². The molecule has 0 aromatic heterocycles. The minimum atomic E-state index is -4.25. The molecule has 0 aliphatic carbocycles. The molecule has 0 amide bonds. The Kier molecular flexibility index (Phi) is 8.36. The Morgan fingerprint density at radius 3 is 2.23 bits per heavy atom. The van der Waals surface area contributed by atoms with Crippen molar-refractivity contribution >= 4 is 22.1 Å². The van der Waals surface area contributed by atoms with Crippen molar-refractivity contribution in [3.63, 3.8) is 0 Å². The molecule has 1 aromatic carbocycles. The summed E-state index contributed by atoms with van der Waals surface area (Å²) in [7, 11) is -4.25. The summed E-state index contributed by atoms with van der Waals surface area (Å²) in [5.41, 5.74) is 0.852. The van der Waals surface area contributed by atoms with Gasteiger partial charge in [-0.1, -0.05) is 29.5 Å². The van der Waals surface area contributed by atoms with Crippen LogP contribution in [0.25, 0.3) is 0 Å². The first-order chi connectivity index (χ1) is 12.3. The number of terminal acetylenes is 2. The van der Waals surface area contributed by atoms with E-state index in [1.165, 1.54) is 12.1 Å². The van der Waals surface area contributed by atoms with Crippen molar-refractivity contribution in [3.8, 4) is 24.7 Å². The fourth-order valence-electron chi connectivity index (χ4n) is 1.77. The van der Waals surface area contributed by atoms with E-state index in [4.69, 9.17) is 21.8 Å². The molecule has 0 heterocycles. The van der Waals surface area contributed by atoms with Crippen LogP contribution in [0.4, 0.5) is 0 Å². The highest BCUT2D eigenvalue weighted by atomic mass is 32.2. The molecule has 0 aliphatic rings. The summed E-state index contributed by atoms with van der Waals surface area (Å²) < 4.78 is 39.0. The zero-order chi connectivity index (χ0) is 19.6. The number of rotatable bonds is 9. The Bertz CT molecular complexity index is 811. The molecule has 8 heteroatoms. The van der Waals surface area contributed by atoms with E-state index in [0.717, 1.165) is 5.56 Å². The van der Waals surface area contributed by atoms with Crippen molar-refractivity contribution in [2.24, 2.45) is 0 Å². The van der Waals surface area contributed by atoms with Gasteiger partial charge in [0, 0.05) is 6.42 Å². The highest BCUT2D eigenvalue weighted by Gasteiger charge is 2.29. The number of ether oxygens (including phenoxy) is 2. The molecule has 0 radical (unpaired) electrons. The Morgan fingerprint density at radius 1 is 1.08 bits per heavy atom. The van der Waals surface area contributed by atoms with Crippen LogP contribution in [-0.2, 0) is 33.4 Å². The van der Waals surface area contributed by atoms with Crippen LogP contribution in [0.15, 0.2) is 29.2 Å². The van der Waals surface area contributed by atoms with Crippen molar-refractivity contribution in [3.05, 3.63) is 29.8 Å². The monoisotopic (exact) mass is 378 g/mol. The molecule has 26 heavy (non-hydrogen) atoms. The average molecular weight is 378 g/mol. The minimum absolute atomic E-state index is 0.132. The van der Waals surface area contributed by atoms with Gasteiger partial charge in [0.05, 0.1) is 4.90 Å². The molecule has 1 aromatic rings. The molecule has 138 valence electrons. The van der Waals surface area contributed by atoms with E-state index in [1.54, 1.807) is 19.1 Å². The van der Waals surface area contributed by atoms with Gasteiger partial charge >= 0.3 is 11.9 Å². The maximum absolute atomic E-state index is 12.3. The molecule has 0 aliphatic heterocycles. The second-order valence-corrected chi connectivity index (χ2v) is 6.64. The molecule has 0 bridgehead atoms. The van der Waals surface area contributed by atoms with E-state index in [0.29, 0.717) is 0 Å². The maximum atomic E-state index is 12.3. The van der Waals surface area contributed by atoms with Crippen molar-refractivity contribution in [1.29, 1.82) is 0 Å². The standard InChI is InChI=1S/C18H18O7S/c1-4-12-23-17(19)11-10-16(18(20)24-13-5-2)25-26(21,22)15-8-6-14(3)7-9-15/h1-2,6-9,16H,10-13H2,3H3. The third-order valence-electron chi connectivity index (χ3n) is 3.04. The van der Waals surface area contributed by atoms with E-state index < -0.39 is 28.2 Å². The predicted molar refractivity (Wildman–Crippen MR) is 92.1 cm³/mol. The van der Waals surface area contributed by atoms with E-state index in [1.807, 2.05) is 0 Å². The fourth-order valence-corrected chi connectivity index (χ4v) is 2.83. The predicted octanol–water partition coefficient (Wildman–Crippen LogP) is 1.20. The van der Waals surface area contributed by atoms with Gasteiger partial charge in [0.25, 0.3) is 10.1 Å². The van der Waals surface area contributed by atoms with Gasteiger partial charge in [-0.3, -0.25) is 8.98 Å². The Hall–Kier alpha value is -2.81. The van der Waals surface area contributed by atoms with E-state index in [-0.39, 0.29) is 31.0 Å². The summed E-state index contributed by atoms with van der Waals surface area (Å²) in [6.07, 6.45) is 7.86. The molecular formula is C18H18O7S. The molecule has 1 unspecified atom stereocenters. The van der Waals surface area contributed by atoms with E-state index >= 15 is 0 Å². The van der Waals surface area contributed by atoms with Crippen molar-refractivity contribution < 1.29 is 31.7 Å². The lowest BCUT2D eigenvalue weighted by Gasteiger charge is -2.15. The van der Waals surface area contributed by atoms with Crippen molar-refractivity contribution in [2.45, 2.75) is 30.8 Å². The molecule has 0 saturated heterocycles. The van der Waals surface area contributed by atoms with Gasteiger partial charge in [0.1, 0.15) is 0 Å². The lowest BCUT2D eigenvalue weighted by molar-refractivity contribution is -0.151. The second-order valence-electron chi connectivity index (χ2n) is 5.07. The van der Waals surface area contributed by atoms with Crippen LogP contribution in [0.5, 0.6) is 0 Å². The van der Waals surface area contributed by atoms with Gasteiger partial charge < -0.3 is 9.47 Å².